The second kappa shape index (κ2) is 5.24. The highest BCUT2D eigenvalue weighted by Crippen LogP contribution is 2.19. The molecule has 0 aliphatic carbocycles. The molecule has 2 aromatic rings. The third kappa shape index (κ3) is 2.82. The second-order valence-corrected chi connectivity index (χ2v) is 4.51. The van der Waals surface area contributed by atoms with E-state index in [-0.39, 0.29) is 6.54 Å². The molecular weight excluding hydrogens is 244 g/mol. The Balaban J connectivity index is 2.29. The Morgan fingerprint density at radius 2 is 2.11 bits per heavy atom. The van der Waals surface area contributed by atoms with Crippen LogP contribution in [0.15, 0.2) is 42.7 Å². The molecule has 0 saturated heterocycles. The van der Waals surface area contributed by atoms with E-state index in [0.29, 0.717) is 5.82 Å². The van der Waals surface area contributed by atoms with Crippen LogP contribution < -0.4 is 0 Å². The van der Waals surface area contributed by atoms with E-state index in [1.807, 2.05) is 30.3 Å². The van der Waals surface area contributed by atoms with Gasteiger partial charge in [-0.1, -0.05) is 30.3 Å². The highest BCUT2D eigenvalue weighted by Gasteiger charge is 2.32. The summed E-state index contributed by atoms with van der Waals surface area (Å²) in [6.45, 7) is 1.51. The first-order chi connectivity index (χ1) is 9.04. The molecule has 1 heterocycles. The third-order valence-electron chi connectivity index (χ3n) is 2.85. The van der Waals surface area contributed by atoms with E-state index in [1.165, 1.54) is 14.0 Å². The molecular formula is C14H16N2O3. The Bertz CT molecular complexity index is 561. The zero-order chi connectivity index (χ0) is 13.9. The highest BCUT2D eigenvalue weighted by molar-refractivity contribution is 5.78. The maximum absolute atomic E-state index is 11.5. The summed E-state index contributed by atoms with van der Waals surface area (Å²) >= 11 is 0. The van der Waals surface area contributed by atoms with Crippen LogP contribution in [-0.4, -0.2) is 33.3 Å². The lowest BCUT2D eigenvalue weighted by molar-refractivity contribution is -0.161. The van der Waals surface area contributed by atoms with Gasteiger partial charge in [0.15, 0.2) is 5.60 Å². The van der Waals surface area contributed by atoms with E-state index in [1.54, 1.807) is 17.0 Å². The van der Waals surface area contributed by atoms with Gasteiger partial charge in [0.2, 0.25) is 0 Å². The highest BCUT2D eigenvalue weighted by atomic mass is 16.5. The summed E-state index contributed by atoms with van der Waals surface area (Å²) < 4.78 is 6.32. The number of carbonyl (C=O) groups is 1. The molecule has 0 bridgehead atoms. The molecule has 100 valence electrons. The van der Waals surface area contributed by atoms with Crippen molar-refractivity contribution in [1.29, 1.82) is 0 Å². The van der Waals surface area contributed by atoms with E-state index in [4.69, 9.17) is 0 Å². The molecule has 19 heavy (non-hydrogen) atoms. The lowest BCUT2D eigenvalue weighted by Crippen LogP contribution is -2.40. The predicted octanol–water partition coefficient (Wildman–Crippen LogP) is 1.47. The first-order valence-electron chi connectivity index (χ1n) is 5.92. The van der Waals surface area contributed by atoms with Crippen molar-refractivity contribution in [3.63, 3.8) is 0 Å². The molecule has 0 aliphatic rings. The number of imidazole rings is 1. The number of rotatable bonds is 4. The van der Waals surface area contributed by atoms with E-state index in [0.717, 1.165) is 5.56 Å². The van der Waals surface area contributed by atoms with Gasteiger partial charge in [0.05, 0.1) is 13.7 Å². The summed E-state index contributed by atoms with van der Waals surface area (Å²) in [7, 11) is 1.25. The van der Waals surface area contributed by atoms with Crippen LogP contribution in [0.25, 0.3) is 11.4 Å². The number of benzene rings is 1. The smallest absolute Gasteiger partial charge is 0.339 e. The molecule has 2 rings (SSSR count). The van der Waals surface area contributed by atoms with Gasteiger partial charge >= 0.3 is 5.97 Å². The van der Waals surface area contributed by atoms with Gasteiger partial charge in [-0.05, 0) is 6.92 Å². The van der Waals surface area contributed by atoms with Gasteiger partial charge in [0.25, 0.3) is 0 Å². The molecule has 5 nitrogen and oxygen atoms in total. The fourth-order valence-corrected chi connectivity index (χ4v) is 1.90. The van der Waals surface area contributed by atoms with Crippen molar-refractivity contribution in [2.45, 2.75) is 19.1 Å². The van der Waals surface area contributed by atoms with Crippen LogP contribution in [0, 0.1) is 0 Å². The maximum atomic E-state index is 11.5. The minimum atomic E-state index is -1.58. The van der Waals surface area contributed by atoms with Gasteiger partial charge in [-0.2, -0.15) is 0 Å². The van der Waals surface area contributed by atoms with Crippen LogP contribution in [0.5, 0.6) is 0 Å². The molecule has 0 amide bonds. The lowest BCUT2D eigenvalue weighted by atomic mass is 10.1. The fraction of sp³-hybridized carbons (Fsp3) is 0.286. The molecule has 0 fully saturated rings. The molecule has 0 saturated carbocycles. The van der Waals surface area contributed by atoms with Gasteiger partial charge in [-0.15, -0.1) is 0 Å². The maximum Gasteiger partial charge on any atom is 0.339 e. The normalized spacial score (nSPS) is 13.8. The van der Waals surface area contributed by atoms with Gasteiger partial charge in [-0.3, -0.25) is 0 Å². The molecule has 1 aromatic carbocycles. The Morgan fingerprint density at radius 3 is 2.74 bits per heavy atom. The van der Waals surface area contributed by atoms with Gasteiger partial charge in [0, 0.05) is 18.0 Å². The Hall–Kier alpha value is -2.14. The van der Waals surface area contributed by atoms with Crippen LogP contribution >= 0.6 is 0 Å². The Morgan fingerprint density at radius 1 is 1.42 bits per heavy atom. The Kier molecular flexibility index (Phi) is 3.66. The minimum absolute atomic E-state index is 0.0872. The second-order valence-electron chi connectivity index (χ2n) is 4.51. The molecule has 1 unspecified atom stereocenters. The quantitative estimate of drug-likeness (QED) is 0.846. The number of hydrogen-bond acceptors (Lipinski definition) is 4. The van der Waals surface area contributed by atoms with Crippen molar-refractivity contribution < 1.29 is 14.6 Å². The first kappa shape index (κ1) is 13.3. The Labute approximate surface area is 111 Å². The van der Waals surface area contributed by atoms with Gasteiger partial charge in [0.1, 0.15) is 5.82 Å². The summed E-state index contributed by atoms with van der Waals surface area (Å²) in [5.41, 5.74) is -0.660. The van der Waals surface area contributed by atoms with E-state index < -0.39 is 11.6 Å². The predicted molar refractivity (Wildman–Crippen MR) is 70.3 cm³/mol. The number of nitrogens with zero attached hydrogens (tertiary/aromatic N) is 2. The molecule has 1 N–H and O–H groups in total. The average molecular weight is 260 g/mol. The molecule has 0 spiro atoms. The van der Waals surface area contributed by atoms with Crippen molar-refractivity contribution in [2.75, 3.05) is 7.11 Å². The summed E-state index contributed by atoms with van der Waals surface area (Å²) in [6, 6.07) is 9.58. The molecule has 1 aromatic heterocycles. The van der Waals surface area contributed by atoms with Crippen molar-refractivity contribution in [2.24, 2.45) is 0 Å². The van der Waals surface area contributed by atoms with Crippen molar-refractivity contribution >= 4 is 5.97 Å². The fourth-order valence-electron chi connectivity index (χ4n) is 1.90. The number of aromatic nitrogens is 2. The summed E-state index contributed by atoms with van der Waals surface area (Å²) in [4.78, 5) is 15.8. The van der Waals surface area contributed by atoms with Gasteiger partial charge < -0.3 is 14.4 Å². The zero-order valence-electron chi connectivity index (χ0n) is 10.9. The first-order valence-corrected chi connectivity index (χ1v) is 5.92. The minimum Gasteiger partial charge on any atom is -0.467 e. The summed E-state index contributed by atoms with van der Waals surface area (Å²) in [5, 5.41) is 10.1. The van der Waals surface area contributed by atoms with E-state index >= 15 is 0 Å². The number of hydrogen-bond donors (Lipinski definition) is 1. The van der Waals surface area contributed by atoms with Crippen LogP contribution in [0.1, 0.15) is 6.92 Å². The monoisotopic (exact) mass is 260 g/mol. The number of methoxy groups -OCH3 is 1. The molecule has 0 radical (unpaired) electrons. The SMILES string of the molecule is COC(=O)C(C)(O)Cn1ccnc1-c1ccccc1. The topological polar surface area (TPSA) is 64.3 Å². The standard InChI is InChI=1S/C14H16N2O3/c1-14(18,13(17)19-2)10-16-9-8-15-12(16)11-6-4-3-5-7-11/h3-9,18H,10H2,1-2H3. The van der Waals surface area contributed by atoms with Crippen molar-refractivity contribution in [1.82, 2.24) is 9.55 Å². The lowest BCUT2D eigenvalue weighted by Gasteiger charge is -2.21. The number of ether oxygens (including phenoxy) is 1. The number of carbonyl (C=O) groups excluding carboxylic acids is 1. The van der Waals surface area contributed by atoms with Crippen LogP contribution in [0.2, 0.25) is 0 Å². The summed E-state index contributed by atoms with van der Waals surface area (Å²) in [5.74, 6) is 0.0324. The van der Waals surface area contributed by atoms with Crippen molar-refractivity contribution in [3.05, 3.63) is 42.7 Å². The largest absolute Gasteiger partial charge is 0.467 e. The average Bonchev–Trinajstić information content (AvgIpc) is 2.86. The third-order valence-corrected chi connectivity index (χ3v) is 2.85. The summed E-state index contributed by atoms with van der Waals surface area (Å²) in [6.07, 6.45) is 3.36. The number of esters is 1. The van der Waals surface area contributed by atoms with Crippen molar-refractivity contribution in [3.8, 4) is 11.4 Å². The molecule has 0 aliphatic heterocycles. The zero-order valence-corrected chi connectivity index (χ0v) is 10.9. The van der Waals surface area contributed by atoms with E-state index in [2.05, 4.69) is 9.72 Å². The van der Waals surface area contributed by atoms with Crippen LogP contribution in [-0.2, 0) is 16.1 Å². The van der Waals surface area contributed by atoms with Crippen LogP contribution in [0.3, 0.4) is 0 Å². The number of aliphatic hydroxyl groups is 1. The van der Waals surface area contributed by atoms with Crippen LogP contribution in [0.4, 0.5) is 0 Å². The molecule has 1 atom stereocenters. The molecule has 5 heteroatoms. The van der Waals surface area contributed by atoms with Gasteiger partial charge in [-0.25, -0.2) is 9.78 Å². The van der Waals surface area contributed by atoms with E-state index in [9.17, 15) is 9.90 Å².